The number of hydrogen-bond donors (Lipinski definition) is 4. The van der Waals surface area contributed by atoms with Crippen LogP contribution < -0.4 is 10.9 Å². The molecule has 1 heterocycles. The molecule has 10 heteroatoms. The van der Waals surface area contributed by atoms with Gasteiger partial charge in [0.15, 0.2) is 5.88 Å². The molecule has 0 saturated heterocycles. The molecule has 0 spiro atoms. The number of sulfone groups is 1. The quantitative estimate of drug-likeness (QED) is 0.508. The lowest BCUT2D eigenvalue weighted by Crippen LogP contribution is -2.42. The van der Waals surface area contributed by atoms with Crippen molar-refractivity contribution >= 4 is 21.7 Å². The van der Waals surface area contributed by atoms with Crippen LogP contribution in [-0.4, -0.2) is 53.5 Å². The SMILES string of the molecule is CS(=O)(=O)CCC(NC(=O)c1cc(O)[nH]c(=O)c1)C(=O)O. The zero-order valence-corrected chi connectivity index (χ0v) is 11.8. The Balaban J connectivity index is 2.86. The summed E-state index contributed by atoms with van der Waals surface area (Å²) in [5, 5.41) is 20.2. The molecular formula is C11H14N2O7S. The second-order valence-corrected chi connectivity index (χ2v) is 6.66. The maximum absolute atomic E-state index is 11.8. The zero-order chi connectivity index (χ0) is 16.2. The zero-order valence-electron chi connectivity index (χ0n) is 11.0. The van der Waals surface area contributed by atoms with Crippen LogP contribution in [0.4, 0.5) is 0 Å². The number of carboxylic acid groups (broad SMARTS) is 1. The molecule has 1 unspecified atom stereocenters. The van der Waals surface area contributed by atoms with Crippen LogP contribution in [0.2, 0.25) is 0 Å². The number of carbonyl (C=O) groups is 2. The first-order valence-electron chi connectivity index (χ1n) is 5.73. The van der Waals surface area contributed by atoms with Gasteiger partial charge in [0.25, 0.3) is 11.5 Å². The van der Waals surface area contributed by atoms with E-state index >= 15 is 0 Å². The molecule has 9 nitrogen and oxygen atoms in total. The topological polar surface area (TPSA) is 154 Å². The highest BCUT2D eigenvalue weighted by Gasteiger charge is 2.22. The molecule has 116 valence electrons. The third-order valence-electron chi connectivity index (χ3n) is 2.47. The van der Waals surface area contributed by atoms with Crippen molar-refractivity contribution in [3.05, 3.63) is 28.0 Å². The third-order valence-corrected chi connectivity index (χ3v) is 3.45. The largest absolute Gasteiger partial charge is 0.494 e. The van der Waals surface area contributed by atoms with Gasteiger partial charge in [0.05, 0.1) is 11.3 Å². The Morgan fingerprint density at radius 1 is 1.38 bits per heavy atom. The number of nitrogens with one attached hydrogen (secondary N) is 2. The number of aromatic hydroxyl groups is 1. The first-order chi connectivity index (χ1) is 9.58. The van der Waals surface area contributed by atoms with Crippen LogP contribution in [0, 0.1) is 0 Å². The Morgan fingerprint density at radius 2 is 2.00 bits per heavy atom. The summed E-state index contributed by atoms with van der Waals surface area (Å²) in [6.07, 6.45) is 0.636. The highest BCUT2D eigenvalue weighted by atomic mass is 32.2. The number of pyridine rings is 1. The Bertz CT molecular complexity index is 708. The lowest BCUT2D eigenvalue weighted by molar-refractivity contribution is -0.139. The van der Waals surface area contributed by atoms with Crippen LogP contribution in [0.1, 0.15) is 16.8 Å². The number of carbonyl (C=O) groups excluding carboxylic acids is 1. The van der Waals surface area contributed by atoms with Gasteiger partial charge in [-0.15, -0.1) is 0 Å². The molecule has 0 bridgehead atoms. The molecular weight excluding hydrogens is 304 g/mol. The highest BCUT2D eigenvalue weighted by molar-refractivity contribution is 7.90. The van der Waals surface area contributed by atoms with E-state index in [1.165, 1.54) is 0 Å². The summed E-state index contributed by atoms with van der Waals surface area (Å²) in [4.78, 5) is 35.9. The number of aliphatic carboxylic acids is 1. The number of hydrogen-bond acceptors (Lipinski definition) is 6. The Kier molecular flexibility index (Phi) is 5.08. The summed E-state index contributed by atoms with van der Waals surface area (Å²) in [5.41, 5.74) is -0.968. The van der Waals surface area contributed by atoms with Crippen LogP contribution >= 0.6 is 0 Å². The van der Waals surface area contributed by atoms with Crippen LogP contribution in [0.15, 0.2) is 16.9 Å². The van der Waals surface area contributed by atoms with Crippen molar-refractivity contribution in [1.82, 2.24) is 10.3 Å². The van der Waals surface area contributed by atoms with Crippen molar-refractivity contribution < 1.29 is 28.2 Å². The molecule has 1 atom stereocenters. The number of amides is 1. The van der Waals surface area contributed by atoms with Crippen LogP contribution in [0.25, 0.3) is 0 Å². The Hall–Kier alpha value is -2.36. The molecule has 0 fully saturated rings. The second kappa shape index (κ2) is 6.39. The van der Waals surface area contributed by atoms with Gasteiger partial charge < -0.3 is 15.5 Å². The summed E-state index contributed by atoms with van der Waals surface area (Å²) in [6.45, 7) is 0. The van der Waals surface area contributed by atoms with Gasteiger partial charge in [0, 0.05) is 18.4 Å². The van der Waals surface area contributed by atoms with E-state index in [2.05, 4.69) is 5.32 Å². The first-order valence-corrected chi connectivity index (χ1v) is 7.79. The van der Waals surface area contributed by atoms with E-state index in [1.807, 2.05) is 4.98 Å². The van der Waals surface area contributed by atoms with Crippen molar-refractivity contribution in [3.63, 3.8) is 0 Å². The van der Waals surface area contributed by atoms with Crippen LogP contribution in [0.3, 0.4) is 0 Å². The summed E-state index contributed by atoms with van der Waals surface area (Å²) in [5.74, 6) is -3.26. The molecule has 1 aromatic rings. The van der Waals surface area contributed by atoms with E-state index in [1.54, 1.807) is 0 Å². The van der Waals surface area contributed by atoms with E-state index in [4.69, 9.17) is 10.2 Å². The molecule has 0 saturated carbocycles. The Labute approximate surface area is 119 Å². The molecule has 0 aliphatic rings. The molecule has 0 aliphatic heterocycles. The minimum absolute atomic E-state index is 0.234. The molecule has 0 radical (unpaired) electrons. The average molecular weight is 318 g/mol. The predicted octanol–water partition coefficient (Wildman–Crippen LogP) is -1.30. The lowest BCUT2D eigenvalue weighted by Gasteiger charge is -2.14. The highest BCUT2D eigenvalue weighted by Crippen LogP contribution is 2.05. The number of aromatic nitrogens is 1. The van der Waals surface area contributed by atoms with Gasteiger partial charge in [-0.2, -0.15) is 0 Å². The van der Waals surface area contributed by atoms with Crippen molar-refractivity contribution in [2.75, 3.05) is 12.0 Å². The molecule has 1 aromatic heterocycles. The van der Waals surface area contributed by atoms with Gasteiger partial charge in [-0.3, -0.25) is 14.6 Å². The van der Waals surface area contributed by atoms with E-state index < -0.39 is 44.9 Å². The van der Waals surface area contributed by atoms with E-state index in [9.17, 15) is 22.8 Å². The number of rotatable bonds is 6. The number of H-pyrrole nitrogens is 1. The van der Waals surface area contributed by atoms with Gasteiger partial charge in [-0.1, -0.05) is 0 Å². The molecule has 4 N–H and O–H groups in total. The van der Waals surface area contributed by atoms with E-state index in [0.717, 1.165) is 18.4 Å². The molecule has 0 aliphatic carbocycles. The van der Waals surface area contributed by atoms with Crippen molar-refractivity contribution in [2.45, 2.75) is 12.5 Å². The molecule has 1 rings (SSSR count). The van der Waals surface area contributed by atoms with Gasteiger partial charge in [0.2, 0.25) is 0 Å². The van der Waals surface area contributed by atoms with Crippen LogP contribution in [-0.2, 0) is 14.6 Å². The van der Waals surface area contributed by atoms with E-state index in [0.29, 0.717) is 0 Å². The lowest BCUT2D eigenvalue weighted by atomic mass is 10.2. The monoisotopic (exact) mass is 318 g/mol. The van der Waals surface area contributed by atoms with E-state index in [-0.39, 0.29) is 12.0 Å². The minimum atomic E-state index is -3.38. The fourth-order valence-electron chi connectivity index (χ4n) is 1.49. The standard InChI is InChI=1S/C11H14N2O7S/c1-21(19,20)3-2-7(11(17)18)12-10(16)6-4-8(14)13-9(15)5-6/h4-5,7H,2-3H2,1H3,(H,12,16)(H,17,18)(H2,13,14,15). The Morgan fingerprint density at radius 3 is 2.48 bits per heavy atom. The summed E-state index contributed by atoms with van der Waals surface area (Å²) < 4.78 is 22.0. The summed E-state index contributed by atoms with van der Waals surface area (Å²) in [7, 11) is -3.38. The summed E-state index contributed by atoms with van der Waals surface area (Å²) in [6, 6.07) is 0.408. The first kappa shape index (κ1) is 16.7. The summed E-state index contributed by atoms with van der Waals surface area (Å²) >= 11 is 0. The van der Waals surface area contributed by atoms with Crippen LogP contribution in [0.5, 0.6) is 5.88 Å². The fraction of sp³-hybridized carbons (Fsp3) is 0.364. The second-order valence-electron chi connectivity index (χ2n) is 4.40. The van der Waals surface area contributed by atoms with Crippen molar-refractivity contribution in [2.24, 2.45) is 0 Å². The number of carboxylic acids is 1. The maximum Gasteiger partial charge on any atom is 0.326 e. The van der Waals surface area contributed by atoms with Gasteiger partial charge in [0.1, 0.15) is 15.9 Å². The molecule has 1 amide bonds. The fourth-order valence-corrected chi connectivity index (χ4v) is 2.15. The smallest absolute Gasteiger partial charge is 0.326 e. The molecule has 0 aromatic carbocycles. The normalized spacial score (nSPS) is 12.6. The molecule has 21 heavy (non-hydrogen) atoms. The van der Waals surface area contributed by atoms with Crippen molar-refractivity contribution in [1.29, 1.82) is 0 Å². The number of aromatic amines is 1. The van der Waals surface area contributed by atoms with Crippen molar-refractivity contribution in [3.8, 4) is 5.88 Å². The average Bonchev–Trinajstić information content (AvgIpc) is 2.31. The maximum atomic E-state index is 11.8. The van der Waals surface area contributed by atoms with Gasteiger partial charge >= 0.3 is 5.97 Å². The van der Waals surface area contributed by atoms with Gasteiger partial charge in [-0.25, -0.2) is 13.2 Å². The van der Waals surface area contributed by atoms with Gasteiger partial charge in [-0.05, 0) is 6.42 Å². The predicted molar refractivity (Wildman–Crippen MR) is 71.9 cm³/mol. The minimum Gasteiger partial charge on any atom is -0.494 e. The third kappa shape index (κ3) is 5.65.